The third-order valence-corrected chi connectivity index (χ3v) is 4.09. The smallest absolute Gasteiger partial charge is 0.191 e. The van der Waals surface area contributed by atoms with Crippen molar-refractivity contribution in [3.63, 3.8) is 0 Å². The van der Waals surface area contributed by atoms with Gasteiger partial charge in [0.25, 0.3) is 0 Å². The molecule has 1 saturated carbocycles. The van der Waals surface area contributed by atoms with Crippen molar-refractivity contribution in [2.75, 3.05) is 27.8 Å². The SMILES string of the molecule is CN=C(NCCc1cc(OC)ccc1OC)NC1CCCC1.I. The first-order chi connectivity index (χ1) is 10.8. The van der Waals surface area contributed by atoms with Crippen LogP contribution in [-0.2, 0) is 6.42 Å². The van der Waals surface area contributed by atoms with Crippen LogP contribution in [0.25, 0.3) is 0 Å². The van der Waals surface area contributed by atoms with Crippen LogP contribution in [0.2, 0.25) is 0 Å². The summed E-state index contributed by atoms with van der Waals surface area (Å²) in [6, 6.07) is 6.45. The van der Waals surface area contributed by atoms with Gasteiger partial charge < -0.3 is 20.1 Å². The summed E-state index contributed by atoms with van der Waals surface area (Å²) in [5.74, 6) is 2.62. The molecule has 0 heterocycles. The second-order valence-corrected chi connectivity index (χ2v) is 5.55. The zero-order chi connectivity index (χ0) is 15.8. The van der Waals surface area contributed by atoms with E-state index in [0.29, 0.717) is 6.04 Å². The Labute approximate surface area is 156 Å². The van der Waals surface area contributed by atoms with Crippen molar-refractivity contribution in [1.29, 1.82) is 0 Å². The Morgan fingerprint density at radius 1 is 1.22 bits per heavy atom. The fourth-order valence-corrected chi connectivity index (χ4v) is 2.85. The molecule has 1 aromatic carbocycles. The predicted octanol–water partition coefficient (Wildman–Crippen LogP) is 2.97. The molecule has 0 unspecified atom stereocenters. The summed E-state index contributed by atoms with van der Waals surface area (Å²) >= 11 is 0. The van der Waals surface area contributed by atoms with Gasteiger partial charge in [0.1, 0.15) is 11.5 Å². The number of hydrogen-bond donors (Lipinski definition) is 2. The van der Waals surface area contributed by atoms with E-state index in [1.807, 2.05) is 25.2 Å². The maximum absolute atomic E-state index is 5.41. The highest BCUT2D eigenvalue weighted by atomic mass is 127. The number of aliphatic imine (C=N–C) groups is 1. The normalized spacial score (nSPS) is 15.0. The Morgan fingerprint density at radius 3 is 2.57 bits per heavy atom. The molecule has 2 rings (SSSR count). The molecule has 0 bridgehead atoms. The molecule has 0 spiro atoms. The predicted molar refractivity (Wildman–Crippen MR) is 105 cm³/mol. The van der Waals surface area contributed by atoms with E-state index >= 15 is 0 Å². The van der Waals surface area contributed by atoms with E-state index < -0.39 is 0 Å². The first-order valence-electron chi connectivity index (χ1n) is 7.95. The molecular formula is C17H28IN3O2. The van der Waals surface area contributed by atoms with Crippen molar-refractivity contribution >= 4 is 29.9 Å². The molecule has 130 valence electrons. The first-order valence-corrected chi connectivity index (χ1v) is 7.95. The van der Waals surface area contributed by atoms with Gasteiger partial charge in [-0.2, -0.15) is 0 Å². The molecule has 1 aromatic rings. The zero-order valence-electron chi connectivity index (χ0n) is 14.2. The van der Waals surface area contributed by atoms with Gasteiger partial charge in [-0.05, 0) is 43.0 Å². The lowest BCUT2D eigenvalue weighted by atomic mass is 10.1. The van der Waals surface area contributed by atoms with E-state index in [1.165, 1.54) is 25.7 Å². The summed E-state index contributed by atoms with van der Waals surface area (Å²) in [6.07, 6.45) is 5.96. The van der Waals surface area contributed by atoms with Gasteiger partial charge in [0.05, 0.1) is 14.2 Å². The summed E-state index contributed by atoms with van der Waals surface area (Å²) in [4.78, 5) is 4.30. The van der Waals surface area contributed by atoms with Crippen LogP contribution in [0.15, 0.2) is 23.2 Å². The third-order valence-electron chi connectivity index (χ3n) is 4.09. The minimum absolute atomic E-state index is 0. The molecule has 5 nitrogen and oxygen atoms in total. The molecule has 6 heteroatoms. The molecule has 0 aliphatic heterocycles. The van der Waals surface area contributed by atoms with Gasteiger partial charge >= 0.3 is 0 Å². The minimum Gasteiger partial charge on any atom is -0.497 e. The van der Waals surface area contributed by atoms with Gasteiger partial charge in [-0.1, -0.05) is 12.8 Å². The Hall–Kier alpha value is -1.18. The molecule has 0 atom stereocenters. The van der Waals surface area contributed by atoms with Crippen LogP contribution in [0.3, 0.4) is 0 Å². The van der Waals surface area contributed by atoms with E-state index in [1.54, 1.807) is 14.2 Å². The van der Waals surface area contributed by atoms with Crippen molar-refractivity contribution in [3.8, 4) is 11.5 Å². The van der Waals surface area contributed by atoms with Crippen LogP contribution in [0.4, 0.5) is 0 Å². The standard InChI is InChI=1S/C17H27N3O2.HI/c1-18-17(20-14-6-4-5-7-14)19-11-10-13-12-15(21-2)8-9-16(13)22-3;/h8-9,12,14H,4-7,10-11H2,1-3H3,(H2,18,19,20);1H. The van der Waals surface area contributed by atoms with Gasteiger partial charge in [-0.15, -0.1) is 24.0 Å². The molecular weight excluding hydrogens is 405 g/mol. The Balaban J connectivity index is 0.00000264. The molecule has 1 aliphatic carbocycles. The summed E-state index contributed by atoms with van der Waals surface area (Å²) in [6.45, 7) is 0.802. The zero-order valence-corrected chi connectivity index (χ0v) is 16.6. The Bertz CT molecular complexity index is 503. The minimum atomic E-state index is 0. The highest BCUT2D eigenvalue weighted by Crippen LogP contribution is 2.24. The van der Waals surface area contributed by atoms with Crippen LogP contribution < -0.4 is 20.1 Å². The lowest BCUT2D eigenvalue weighted by Gasteiger charge is -2.17. The maximum atomic E-state index is 5.41. The second-order valence-electron chi connectivity index (χ2n) is 5.55. The van der Waals surface area contributed by atoms with Crippen molar-refractivity contribution in [3.05, 3.63) is 23.8 Å². The highest BCUT2D eigenvalue weighted by molar-refractivity contribution is 14.0. The number of nitrogens with zero attached hydrogens (tertiary/aromatic N) is 1. The topological polar surface area (TPSA) is 54.9 Å². The molecule has 23 heavy (non-hydrogen) atoms. The molecule has 1 aliphatic rings. The fourth-order valence-electron chi connectivity index (χ4n) is 2.85. The number of rotatable bonds is 6. The summed E-state index contributed by atoms with van der Waals surface area (Å²) in [7, 11) is 5.19. The average molecular weight is 433 g/mol. The fraction of sp³-hybridized carbons (Fsp3) is 0.588. The molecule has 1 fully saturated rings. The van der Waals surface area contributed by atoms with Crippen molar-refractivity contribution in [1.82, 2.24) is 10.6 Å². The van der Waals surface area contributed by atoms with Crippen LogP contribution in [0.5, 0.6) is 11.5 Å². The van der Waals surface area contributed by atoms with E-state index in [2.05, 4.69) is 15.6 Å². The lowest BCUT2D eigenvalue weighted by molar-refractivity contribution is 0.398. The number of nitrogens with one attached hydrogen (secondary N) is 2. The summed E-state index contributed by atoms with van der Waals surface area (Å²) < 4.78 is 10.7. The maximum Gasteiger partial charge on any atom is 0.191 e. The number of guanidine groups is 1. The van der Waals surface area contributed by atoms with Crippen molar-refractivity contribution in [2.24, 2.45) is 4.99 Å². The van der Waals surface area contributed by atoms with E-state index in [0.717, 1.165) is 36.0 Å². The van der Waals surface area contributed by atoms with Crippen LogP contribution in [0, 0.1) is 0 Å². The lowest BCUT2D eigenvalue weighted by Crippen LogP contribution is -2.43. The average Bonchev–Trinajstić information content (AvgIpc) is 3.06. The summed E-state index contributed by atoms with van der Waals surface area (Å²) in [5.41, 5.74) is 1.13. The molecule has 0 aromatic heterocycles. The van der Waals surface area contributed by atoms with Gasteiger partial charge in [0, 0.05) is 19.6 Å². The first kappa shape index (κ1) is 19.9. The number of ether oxygens (including phenoxy) is 2. The number of halogens is 1. The van der Waals surface area contributed by atoms with Crippen LogP contribution >= 0.6 is 24.0 Å². The largest absolute Gasteiger partial charge is 0.497 e. The van der Waals surface area contributed by atoms with Crippen molar-refractivity contribution in [2.45, 2.75) is 38.1 Å². The Morgan fingerprint density at radius 2 is 1.96 bits per heavy atom. The molecule has 0 saturated heterocycles. The third kappa shape index (κ3) is 6.08. The Kier molecular flexibility index (Phi) is 9.13. The number of hydrogen-bond acceptors (Lipinski definition) is 3. The van der Waals surface area contributed by atoms with E-state index in [4.69, 9.17) is 9.47 Å². The quantitative estimate of drug-likeness (QED) is 0.412. The van der Waals surface area contributed by atoms with Gasteiger partial charge in [-0.25, -0.2) is 0 Å². The van der Waals surface area contributed by atoms with Gasteiger partial charge in [0.15, 0.2) is 5.96 Å². The molecule has 0 radical (unpaired) electrons. The second kappa shape index (κ2) is 10.6. The highest BCUT2D eigenvalue weighted by Gasteiger charge is 2.15. The number of benzene rings is 1. The van der Waals surface area contributed by atoms with E-state index in [-0.39, 0.29) is 24.0 Å². The monoisotopic (exact) mass is 433 g/mol. The summed E-state index contributed by atoms with van der Waals surface area (Å²) in [5, 5.41) is 6.86. The van der Waals surface area contributed by atoms with Crippen LogP contribution in [-0.4, -0.2) is 39.8 Å². The van der Waals surface area contributed by atoms with Gasteiger partial charge in [-0.3, -0.25) is 4.99 Å². The number of methoxy groups -OCH3 is 2. The molecule has 0 amide bonds. The van der Waals surface area contributed by atoms with E-state index in [9.17, 15) is 0 Å². The van der Waals surface area contributed by atoms with Gasteiger partial charge in [0.2, 0.25) is 0 Å². The van der Waals surface area contributed by atoms with Crippen LogP contribution in [0.1, 0.15) is 31.2 Å². The molecule has 2 N–H and O–H groups in total. The van der Waals surface area contributed by atoms with Crippen molar-refractivity contribution < 1.29 is 9.47 Å².